The van der Waals surface area contributed by atoms with Gasteiger partial charge in [-0.3, -0.25) is 14.4 Å². The molecule has 3 fully saturated rings. The number of thiol groups is 1. The topological polar surface area (TPSA) is 51.2 Å². The Balaban J connectivity index is 1.71. The minimum atomic E-state index is -0.304. The highest BCUT2D eigenvalue weighted by atomic mass is 32.1. The summed E-state index contributed by atoms with van der Waals surface area (Å²) in [6.45, 7) is 6.72. The number of hydrogen-bond acceptors (Lipinski definition) is 3. The van der Waals surface area contributed by atoms with Gasteiger partial charge in [-0.2, -0.15) is 0 Å². The highest BCUT2D eigenvalue weighted by molar-refractivity contribution is 7.96. The molecule has 0 aromatic rings. The van der Waals surface area contributed by atoms with E-state index in [1.807, 2.05) is 0 Å². The molecule has 4 aliphatic rings. The predicted molar refractivity (Wildman–Crippen MR) is 99.1 cm³/mol. The first-order chi connectivity index (χ1) is 11.7. The molecule has 4 aliphatic carbocycles. The van der Waals surface area contributed by atoms with Crippen LogP contribution in [-0.2, 0) is 14.4 Å². The quantitative estimate of drug-likeness (QED) is 0.568. The van der Waals surface area contributed by atoms with Crippen molar-refractivity contribution in [3.63, 3.8) is 0 Å². The van der Waals surface area contributed by atoms with Crippen molar-refractivity contribution < 1.29 is 14.4 Å². The predicted octanol–water partition coefficient (Wildman–Crippen LogP) is 4.02. The van der Waals surface area contributed by atoms with Gasteiger partial charge in [0.1, 0.15) is 0 Å². The summed E-state index contributed by atoms with van der Waals surface area (Å²) in [6, 6.07) is 0. The molecule has 136 valence electrons. The van der Waals surface area contributed by atoms with Crippen LogP contribution >= 0.6 is 12.6 Å². The molecule has 4 heteroatoms. The summed E-state index contributed by atoms with van der Waals surface area (Å²) >= 11 is 4.22. The molecule has 0 saturated heterocycles. The lowest BCUT2D eigenvalue weighted by Crippen LogP contribution is -2.52. The third kappa shape index (κ3) is 2.28. The molecule has 0 aromatic carbocycles. The number of Topliss-reactive ketones (excluding diaryl/α,β-unsaturated/α-hetero) is 1. The smallest absolute Gasteiger partial charge is 0.221 e. The van der Waals surface area contributed by atoms with Crippen LogP contribution in [0.2, 0.25) is 0 Å². The summed E-state index contributed by atoms with van der Waals surface area (Å²) in [5.41, 5.74) is 1.10. The summed E-state index contributed by atoms with van der Waals surface area (Å²) < 4.78 is 0. The first-order valence-electron chi connectivity index (χ1n) is 9.69. The van der Waals surface area contributed by atoms with E-state index in [1.54, 1.807) is 6.08 Å². The first-order valence-corrected chi connectivity index (χ1v) is 10.1. The Morgan fingerprint density at radius 2 is 1.92 bits per heavy atom. The van der Waals surface area contributed by atoms with Gasteiger partial charge in [0.2, 0.25) is 11.6 Å². The van der Waals surface area contributed by atoms with E-state index in [9.17, 15) is 14.4 Å². The minimum absolute atomic E-state index is 0.0471. The van der Waals surface area contributed by atoms with Crippen LogP contribution in [0.3, 0.4) is 0 Å². The Morgan fingerprint density at radius 3 is 2.60 bits per heavy atom. The minimum Gasteiger partial charge on any atom is -0.290 e. The van der Waals surface area contributed by atoms with Gasteiger partial charge in [0.15, 0.2) is 5.12 Å². The number of fused-ring (bicyclic) bond motifs is 5. The van der Waals surface area contributed by atoms with E-state index in [1.165, 1.54) is 5.57 Å². The number of rotatable bonds is 1. The second-order valence-corrected chi connectivity index (χ2v) is 9.98. The van der Waals surface area contributed by atoms with Crippen LogP contribution in [0.25, 0.3) is 0 Å². The van der Waals surface area contributed by atoms with Gasteiger partial charge in [-0.1, -0.05) is 26.3 Å². The van der Waals surface area contributed by atoms with Crippen LogP contribution in [-0.4, -0.2) is 16.7 Å². The molecule has 0 amide bonds. The zero-order valence-electron chi connectivity index (χ0n) is 15.4. The summed E-state index contributed by atoms with van der Waals surface area (Å²) in [7, 11) is 0. The van der Waals surface area contributed by atoms with Crippen molar-refractivity contribution in [1.29, 1.82) is 0 Å². The van der Waals surface area contributed by atoms with Crippen molar-refractivity contribution in [3.8, 4) is 0 Å². The second kappa shape index (κ2) is 5.55. The highest BCUT2D eigenvalue weighted by Crippen LogP contribution is 2.67. The molecule has 25 heavy (non-hydrogen) atoms. The van der Waals surface area contributed by atoms with Crippen molar-refractivity contribution >= 4 is 29.3 Å². The van der Waals surface area contributed by atoms with Crippen LogP contribution in [0.5, 0.6) is 0 Å². The molecule has 0 heterocycles. The fourth-order valence-corrected chi connectivity index (χ4v) is 7.91. The Hall–Kier alpha value is -0.900. The molecule has 0 N–H and O–H groups in total. The summed E-state index contributed by atoms with van der Waals surface area (Å²) in [4.78, 5) is 36.3. The Bertz CT molecular complexity index is 695. The molecule has 2 unspecified atom stereocenters. The number of carbonyl (C=O) groups excluding carboxylic acids is 3. The maximum Gasteiger partial charge on any atom is 0.221 e. The van der Waals surface area contributed by atoms with E-state index >= 15 is 0 Å². The van der Waals surface area contributed by atoms with Crippen molar-refractivity contribution in [2.75, 3.05) is 0 Å². The normalized spacial score (nSPS) is 49.1. The van der Waals surface area contributed by atoms with Crippen molar-refractivity contribution in [2.24, 2.45) is 40.4 Å². The van der Waals surface area contributed by atoms with Gasteiger partial charge in [0.05, 0.1) is 0 Å². The van der Waals surface area contributed by atoms with Crippen LogP contribution in [0, 0.1) is 40.4 Å². The maximum atomic E-state index is 12.2. The Morgan fingerprint density at radius 1 is 1.20 bits per heavy atom. The van der Waals surface area contributed by atoms with Crippen molar-refractivity contribution in [3.05, 3.63) is 11.6 Å². The zero-order valence-corrected chi connectivity index (χ0v) is 16.3. The largest absolute Gasteiger partial charge is 0.290 e. The highest BCUT2D eigenvalue weighted by Gasteiger charge is 2.62. The lowest BCUT2D eigenvalue weighted by Gasteiger charge is -2.57. The molecule has 4 rings (SSSR count). The number of ketones is 2. The zero-order chi connectivity index (χ0) is 18.1. The van der Waals surface area contributed by atoms with Crippen molar-refractivity contribution in [1.82, 2.24) is 0 Å². The number of carbonyl (C=O) groups is 3. The molecule has 3 nitrogen and oxygen atoms in total. The molecule has 0 aromatic heterocycles. The average molecular weight is 361 g/mol. The maximum absolute atomic E-state index is 12.2. The second-order valence-electron chi connectivity index (χ2n) is 9.54. The summed E-state index contributed by atoms with van der Waals surface area (Å²) in [6.07, 6.45) is 7.23. The van der Waals surface area contributed by atoms with Gasteiger partial charge < -0.3 is 0 Å². The van der Waals surface area contributed by atoms with Gasteiger partial charge >= 0.3 is 0 Å². The fourth-order valence-electron chi connectivity index (χ4n) is 7.36. The Kier molecular flexibility index (Phi) is 3.89. The third-order valence-corrected chi connectivity index (χ3v) is 8.73. The van der Waals surface area contributed by atoms with E-state index in [-0.39, 0.29) is 33.4 Å². The monoisotopic (exact) mass is 360 g/mol. The van der Waals surface area contributed by atoms with Crippen LogP contribution < -0.4 is 0 Å². The summed E-state index contributed by atoms with van der Waals surface area (Å²) in [5, 5.41) is 0.0528. The fraction of sp³-hybridized carbons (Fsp3) is 0.762. The molecule has 0 bridgehead atoms. The lowest BCUT2D eigenvalue weighted by molar-refractivity contribution is -0.138. The standard InChI is InChI=1S/C21H28O3S/c1-11-8-15-13-5-4-12-9-16(22)17(23)10-21(12,3)14(13)6-7-20(15,2)18(11)19(24)25/h9,11,13-15,18H,4-8,10H2,1-3H3,(H,24,25)/t11?,13-,14+,15+,18?,20+,21+/m1/s1. The summed E-state index contributed by atoms with van der Waals surface area (Å²) in [5.74, 6) is 1.48. The van der Waals surface area contributed by atoms with Crippen LogP contribution in [0.1, 0.15) is 59.3 Å². The van der Waals surface area contributed by atoms with E-state index in [2.05, 4.69) is 33.4 Å². The van der Waals surface area contributed by atoms with E-state index in [4.69, 9.17) is 0 Å². The third-order valence-electron chi connectivity index (χ3n) is 8.45. The van der Waals surface area contributed by atoms with Gasteiger partial charge in [-0.15, -0.1) is 12.6 Å². The molecular formula is C21H28O3S. The van der Waals surface area contributed by atoms with E-state index in [0.717, 1.165) is 32.1 Å². The van der Waals surface area contributed by atoms with Gasteiger partial charge in [-0.25, -0.2) is 0 Å². The van der Waals surface area contributed by atoms with Gasteiger partial charge in [0.25, 0.3) is 0 Å². The lowest BCUT2D eigenvalue weighted by atomic mass is 9.47. The molecule has 0 aliphatic heterocycles. The van der Waals surface area contributed by atoms with E-state index in [0.29, 0.717) is 30.1 Å². The van der Waals surface area contributed by atoms with E-state index < -0.39 is 0 Å². The first kappa shape index (κ1) is 17.5. The number of allylic oxidation sites excluding steroid dienone is 1. The average Bonchev–Trinajstić information content (AvgIpc) is 2.79. The van der Waals surface area contributed by atoms with Crippen molar-refractivity contribution in [2.45, 2.75) is 59.3 Å². The molecular weight excluding hydrogens is 332 g/mol. The molecule has 0 radical (unpaired) electrons. The van der Waals surface area contributed by atoms with Gasteiger partial charge in [-0.05, 0) is 72.7 Å². The number of hydrogen-bond donors (Lipinski definition) is 1. The SMILES string of the molecule is CC1C[C@H]2[C@@H]3CCC4=CC(=O)C(=O)C[C@]4(C)[C@H]3CC[C@]2(C)C1C(=O)S. The Labute approximate surface area is 155 Å². The molecule has 3 saturated carbocycles. The van der Waals surface area contributed by atoms with Gasteiger partial charge in [0, 0.05) is 12.3 Å². The van der Waals surface area contributed by atoms with Crippen LogP contribution in [0.4, 0.5) is 0 Å². The molecule has 7 atom stereocenters. The molecule has 0 spiro atoms. The van der Waals surface area contributed by atoms with Crippen LogP contribution in [0.15, 0.2) is 11.6 Å².